The Morgan fingerprint density at radius 3 is 2.64 bits per heavy atom. The van der Waals surface area contributed by atoms with Crippen LogP contribution in [0.2, 0.25) is 0 Å². The molecule has 2 fully saturated rings. The highest BCUT2D eigenvalue weighted by Gasteiger charge is 2.47. The molecule has 1 aromatic carbocycles. The topological polar surface area (TPSA) is 68.8 Å². The second-order valence-electron chi connectivity index (χ2n) is 6.93. The molecular weight excluding hydrogens is 334 g/mol. The van der Waals surface area contributed by atoms with Crippen LogP contribution in [0.25, 0.3) is 0 Å². The fourth-order valence-corrected chi connectivity index (χ4v) is 3.18. The van der Waals surface area contributed by atoms with Gasteiger partial charge in [-0.1, -0.05) is 12.8 Å². The van der Waals surface area contributed by atoms with E-state index in [0.29, 0.717) is 17.1 Å². The molecule has 25 heavy (non-hydrogen) atoms. The molecule has 0 atom stereocenters. The number of ether oxygens (including phenoxy) is 3. The number of carbonyl (C=O) groups is 1. The van der Waals surface area contributed by atoms with E-state index in [1.165, 1.54) is 18.9 Å². The molecule has 0 radical (unpaired) electrons. The number of hydrogen-bond acceptors (Lipinski definition) is 4. The molecule has 1 heterocycles. The van der Waals surface area contributed by atoms with E-state index in [0.717, 1.165) is 25.2 Å². The lowest BCUT2D eigenvalue weighted by Gasteiger charge is -2.18. The van der Waals surface area contributed by atoms with Gasteiger partial charge in [0.25, 0.3) is 0 Å². The summed E-state index contributed by atoms with van der Waals surface area (Å²) in [4.78, 5) is 12.2. The van der Waals surface area contributed by atoms with Gasteiger partial charge in [0.15, 0.2) is 11.5 Å². The van der Waals surface area contributed by atoms with Crippen molar-refractivity contribution < 1.29 is 27.8 Å². The number of amides is 2. The van der Waals surface area contributed by atoms with E-state index < -0.39 is 6.61 Å². The molecule has 2 amide bonds. The Labute approximate surface area is 143 Å². The Bertz CT molecular complexity index is 675. The molecule has 2 saturated carbocycles. The van der Waals surface area contributed by atoms with Crippen LogP contribution in [0.5, 0.6) is 17.2 Å². The Morgan fingerprint density at radius 1 is 1.28 bits per heavy atom. The molecular formula is C17H20F2N2O4. The summed E-state index contributed by atoms with van der Waals surface area (Å²) < 4.78 is 40.2. The minimum absolute atomic E-state index is 0.0290. The third-order valence-electron chi connectivity index (χ3n) is 4.82. The predicted molar refractivity (Wildman–Crippen MR) is 83.9 cm³/mol. The summed E-state index contributed by atoms with van der Waals surface area (Å²) in [6.45, 7) is -2.87. The second-order valence-corrected chi connectivity index (χ2v) is 6.93. The van der Waals surface area contributed by atoms with Gasteiger partial charge in [-0.25, -0.2) is 4.79 Å². The third-order valence-corrected chi connectivity index (χ3v) is 4.82. The fourth-order valence-electron chi connectivity index (χ4n) is 3.18. The molecule has 0 unspecified atom stereocenters. The molecule has 1 aliphatic heterocycles. The fraction of sp³-hybridized carbons (Fsp3) is 0.588. The summed E-state index contributed by atoms with van der Waals surface area (Å²) in [5.41, 5.74) is 0.342. The molecule has 2 aliphatic carbocycles. The van der Waals surface area contributed by atoms with E-state index in [9.17, 15) is 13.6 Å². The van der Waals surface area contributed by atoms with Crippen LogP contribution < -0.4 is 24.8 Å². The maximum Gasteiger partial charge on any atom is 0.387 e. The van der Waals surface area contributed by atoms with Gasteiger partial charge < -0.3 is 24.8 Å². The first-order chi connectivity index (χ1) is 12.0. The Morgan fingerprint density at radius 2 is 2.00 bits per heavy atom. The Balaban J connectivity index is 1.38. The van der Waals surface area contributed by atoms with Crippen molar-refractivity contribution in [2.45, 2.75) is 50.8 Å². The van der Waals surface area contributed by atoms with Crippen molar-refractivity contribution in [3.8, 4) is 17.2 Å². The summed E-state index contributed by atoms with van der Waals surface area (Å²) >= 11 is 0. The van der Waals surface area contributed by atoms with Crippen LogP contribution in [-0.2, 0) is 6.54 Å². The summed E-state index contributed by atoms with van der Waals surface area (Å²) in [5, 5.41) is 5.75. The van der Waals surface area contributed by atoms with Crippen LogP contribution in [0, 0.1) is 5.92 Å². The van der Waals surface area contributed by atoms with Gasteiger partial charge >= 0.3 is 12.6 Å². The first kappa shape index (κ1) is 16.2. The van der Waals surface area contributed by atoms with Crippen LogP contribution in [0.4, 0.5) is 13.6 Å². The highest BCUT2D eigenvalue weighted by atomic mass is 19.3. The summed E-state index contributed by atoms with van der Waals surface area (Å²) in [6.07, 6.45) is 5.53. The monoisotopic (exact) mass is 354 g/mol. The zero-order valence-corrected chi connectivity index (χ0v) is 13.6. The van der Waals surface area contributed by atoms with Crippen LogP contribution in [0.3, 0.4) is 0 Å². The molecule has 0 saturated heterocycles. The number of carbonyl (C=O) groups excluding carboxylic acids is 1. The van der Waals surface area contributed by atoms with Crippen molar-refractivity contribution in [1.82, 2.24) is 10.6 Å². The first-order valence-corrected chi connectivity index (χ1v) is 8.46. The maximum atomic E-state index is 12.6. The molecule has 3 aliphatic rings. The van der Waals surface area contributed by atoms with Crippen molar-refractivity contribution in [2.24, 2.45) is 5.92 Å². The van der Waals surface area contributed by atoms with Gasteiger partial charge in [0.05, 0.1) is 0 Å². The SMILES string of the molecule is O=C(NCc1cc2c(cc1OC(F)F)OCO2)NC1(CC2CC2)CC1. The molecule has 0 spiro atoms. The van der Waals surface area contributed by atoms with Gasteiger partial charge in [-0.05, 0) is 31.2 Å². The lowest BCUT2D eigenvalue weighted by molar-refractivity contribution is -0.0505. The van der Waals surface area contributed by atoms with E-state index in [-0.39, 0.29) is 30.7 Å². The number of benzene rings is 1. The van der Waals surface area contributed by atoms with Crippen LogP contribution in [0.15, 0.2) is 12.1 Å². The molecule has 2 N–H and O–H groups in total. The second kappa shape index (κ2) is 6.24. The average molecular weight is 354 g/mol. The van der Waals surface area contributed by atoms with E-state index in [4.69, 9.17) is 9.47 Å². The van der Waals surface area contributed by atoms with Crippen molar-refractivity contribution in [3.05, 3.63) is 17.7 Å². The minimum atomic E-state index is -2.96. The van der Waals surface area contributed by atoms with E-state index in [1.807, 2.05) is 0 Å². The summed E-state index contributed by atoms with van der Waals surface area (Å²) in [7, 11) is 0. The van der Waals surface area contributed by atoms with E-state index >= 15 is 0 Å². The smallest absolute Gasteiger partial charge is 0.387 e. The van der Waals surface area contributed by atoms with Crippen molar-refractivity contribution >= 4 is 6.03 Å². The highest BCUT2D eigenvalue weighted by Crippen LogP contribution is 2.47. The number of halogens is 2. The van der Waals surface area contributed by atoms with Gasteiger partial charge in [0, 0.05) is 23.7 Å². The quantitative estimate of drug-likeness (QED) is 0.789. The van der Waals surface area contributed by atoms with Gasteiger partial charge in [0.1, 0.15) is 5.75 Å². The standard InChI is InChI=1S/C17H20F2N2O4/c18-15(19)25-12-6-14-13(23-9-24-14)5-11(12)8-20-16(22)21-17(3-4-17)7-10-1-2-10/h5-6,10,15H,1-4,7-9H2,(H2,20,21,22). The number of alkyl halides is 2. The summed E-state index contributed by atoms with van der Waals surface area (Å²) in [6, 6.07) is 2.62. The molecule has 0 aromatic heterocycles. The van der Waals surface area contributed by atoms with Crippen LogP contribution in [0.1, 0.15) is 37.7 Å². The molecule has 4 rings (SSSR count). The largest absolute Gasteiger partial charge is 0.454 e. The lowest BCUT2D eigenvalue weighted by atomic mass is 10.1. The first-order valence-electron chi connectivity index (χ1n) is 8.46. The summed E-state index contributed by atoms with van der Waals surface area (Å²) in [5.74, 6) is 1.51. The number of fused-ring (bicyclic) bond motifs is 1. The zero-order valence-electron chi connectivity index (χ0n) is 13.6. The molecule has 136 valence electrons. The van der Waals surface area contributed by atoms with Crippen LogP contribution in [-0.4, -0.2) is 25.0 Å². The van der Waals surface area contributed by atoms with Gasteiger partial charge in [-0.3, -0.25) is 0 Å². The zero-order chi connectivity index (χ0) is 17.4. The lowest BCUT2D eigenvalue weighted by Crippen LogP contribution is -2.43. The molecule has 0 bridgehead atoms. The number of urea groups is 1. The number of nitrogens with one attached hydrogen (secondary N) is 2. The predicted octanol–water partition coefficient (Wildman–Crippen LogP) is 3.15. The van der Waals surface area contributed by atoms with Crippen molar-refractivity contribution in [3.63, 3.8) is 0 Å². The van der Waals surface area contributed by atoms with Crippen LogP contribution >= 0.6 is 0 Å². The van der Waals surface area contributed by atoms with E-state index in [2.05, 4.69) is 15.4 Å². The Hall–Kier alpha value is -2.25. The normalized spacial score (nSPS) is 19.6. The number of rotatable bonds is 7. The molecule has 6 nitrogen and oxygen atoms in total. The van der Waals surface area contributed by atoms with E-state index in [1.54, 1.807) is 6.07 Å². The van der Waals surface area contributed by atoms with Crippen molar-refractivity contribution in [2.75, 3.05) is 6.79 Å². The highest BCUT2D eigenvalue weighted by molar-refractivity contribution is 5.75. The van der Waals surface area contributed by atoms with Gasteiger partial charge in [-0.2, -0.15) is 8.78 Å². The number of hydrogen-bond donors (Lipinski definition) is 2. The maximum absolute atomic E-state index is 12.6. The van der Waals surface area contributed by atoms with Crippen molar-refractivity contribution in [1.29, 1.82) is 0 Å². The Kier molecular flexibility index (Phi) is 4.05. The molecule has 8 heteroatoms. The van der Waals surface area contributed by atoms with Gasteiger partial charge in [0.2, 0.25) is 6.79 Å². The molecule has 1 aromatic rings. The average Bonchev–Trinajstić information content (AvgIpc) is 3.46. The van der Waals surface area contributed by atoms with Gasteiger partial charge in [-0.15, -0.1) is 0 Å². The third kappa shape index (κ3) is 3.88. The minimum Gasteiger partial charge on any atom is -0.454 e.